The van der Waals surface area contributed by atoms with E-state index in [1.54, 1.807) is 29.0 Å². The van der Waals surface area contributed by atoms with Crippen LogP contribution >= 0.6 is 11.8 Å². The first-order valence-electron chi connectivity index (χ1n) is 7.51. The number of hydrogen-bond donors (Lipinski definition) is 0. The maximum Gasteiger partial charge on any atom is 0.282 e. The summed E-state index contributed by atoms with van der Waals surface area (Å²) in [6.07, 6.45) is 0. The number of carbonyl (C=O) groups excluding carboxylic acids is 2. The topological polar surface area (TPSA) is 93.0 Å². The van der Waals surface area contributed by atoms with Crippen molar-refractivity contribution in [2.24, 2.45) is 0 Å². The Morgan fingerprint density at radius 3 is 2.54 bits per heavy atom. The molecule has 0 spiro atoms. The second-order valence-electron chi connectivity index (χ2n) is 5.57. The Morgan fingerprint density at radius 1 is 1.29 bits per heavy atom. The summed E-state index contributed by atoms with van der Waals surface area (Å²) in [5, 5.41) is 10.7. The van der Waals surface area contributed by atoms with Gasteiger partial charge in [0, 0.05) is 38.1 Å². The Balaban J connectivity index is 1.87. The van der Waals surface area contributed by atoms with Gasteiger partial charge in [0.2, 0.25) is 5.91 Å². The summed E-state index contributed by atoms with van der Waals surface area (Å²) in [5.41, 5.74) is 0.781. The zero-order valence-corrected chi connectivity index (χ0v) is 13.9. The number of nitro benzene ring substituents is 1. The van der Waals surface area contributed by atoms with Crippen LogP contribution in [-0.2, 0) is 9.53 Å². The van der Waals surface area contributed by atoms with Gasteiger partial charge in [-0.25, -0.2) is 0 Å². The predicted octanol–water partition coefficient (Wildman–Crippen LogP) is 1.66. The van der Waals surface area contributed by atoms with Crippen LogP contribution in [0, 0.1) is 10.1 Å². The summed E-state index contributed by atoms with van der Waals surface area (Å²) >= 11 is 1.21. The van der Waals surface area contributed by atoms with Crippen LogP contribution < -0.4 is 0 Å². The van der Waals surface area contributed by atoms with Crippen molar-refractivity contribution < 1.29 is 19.2 Å². The molecule has 0 bridgehead atoms. The second kappa shape index (κ2) is 6.78. The molecule has 0 unspecified atom stereocenters. The molecule has 2 aliphatic rings. The fourth-order valence-corrected chi connectivity index (χ4v) is 3.92. The summed E-state index contributed by atoms with van der Waals surface area (Å²) in [6.45, 7) is 1.36. The van der Waals surface area contributed by atoms with Crippen molar-refractivity contribution in [3.63, 3.8) is 0 Å². The van der Waals surface area contributed by atoms with Gasteiger partial charge in [-0.3, -0.25) is 19.7 Å². The number of β-lactam (4-membered cyclic amide) rings is 1. The number of rotatable bonds is 6. The van der Waals surface area contributed by atoms with Gasteiger partial charge in [-0.1, -0.05) is 23.9 Å². The van der Waals surface area contributed by atoms with Crippen LogP contribution in [0.2, 0.25) is 0 Å². The lowest BCUT2D eigenvalue weighted by molar-refractivity contribution is -0.384. The molecule has 2 saturated heterocycles. The van der Waals surface area contributed by atoms with Gasteiger partial charge in [-0.2, -0.15) is 0 Å². The minimum atomic E-state index is -0.536. The minimum absolute atomic E-state index is 0.00260. The third-order valence-corrected chi connectivity index (χ3v) is 5.15. The number of methoxy groups -OCH3 is 1. The zero-order chi connectivity index (χ0) is 17.3. The highest BCUT2D eigenvalue weighted by Crippen LogP contribution is 2.40. The van der Waals surface area contributed by atoms with Gasteiger partial charge < -0.3 is 14.5 Å². The van der Waals surface area contributed by atoms with Crippen molar-refractivity contribution in [3.05, 3.63) is 39.9 Å². The molecule has 3 rings (SSSR count). The van der Waals surface area contributed by atoms with Gasteiger partial charge in [0.05, 0.1) is 17.6 Å². The molecular weight excluding hydrogens is 334 g/mol. The number of hydrogen-bond acceptors (Lipinski definition) is 6. The van der Waals surface area contributed by atoms with Crippen molar-refractivity contribution >= 4 is 28.6 Å². The summed E-state index contributed by atoms with van der Waals surface area (Å²) in [6, 6.07) is 5.31. The number of thioether (sulfide) groups is 1. The SMILES string of the molecule is COCCN1C(=O)[C@@H](N2CCSC2=O)[C@@H]1c1ccc([N+](=O)[O-])cc1. The lowest BCUT2D eigenvalue weighted by Crippen LogP contribution is -2.66. The molecule has 128 valence electrons. The molecule has 0 radical (unpaired) electrons. The average molecular weight is 351 g/mol. The van der Waals surface area contributed by atoms with E-state index in [0.29, 0.717) is 25.4 Å². The second-order valence-corrected chi connectivity index (χ2v) is 6.62. The first-order chi connectivity index (χ1) is 11.5. The molecule has 0 saturated carbocycles. The number of nitro groups is 1. The molecule has 2 fully saturated rings. The summed E-state index contributed by atoms with van der Waals surface area (Å²) in [7, 11) is 1.56. The normalized spacial score (nSPS) is 23.5. The minimum Gasteiger partial charge on any atom is -0.383 e. The highest BCUT2D eigenvalue weighted by molar-refractivity contribution is 8.13. The molecule has 0 aliphatic carbocycles. The highest BCUT2D eigenvalue weighted by Gasteiger charge is 2.53. The van der Waals surface area contributed by atoms with Crippen molar-refractivity contribution in [2.75, 3.05) is 32.6 Å². The Hall–Kier alpha value is -2.13. The van der Waals surface area contributed by atoms with Crippen LogP contribution in [0.1, 0.15) is 11.6 Å². The van der Waals surface area contributed by atoms with E-state index in [-0.39, 0.29) is 22.9 Å². The molecule has 1 aromatic rings. The van der Waals surface area contributed by atoms with Gasteiger partial charge in [0.1, 0.15) is 6.04 Å². The van der Waals surface area contributed by atoms with Crippen molar-refractivity contribution in [2.45, 2.75) is 12.1 Å². The largest absolute Gasteiger partial charge is 0.383 e. The van der Waals surface area contributed by atoms with Crippen LogP contribution in [0.3, 0.4) is 0 Å². The molecule has 2 atom stereocenters. The van der Waals surface area contributed by atoms with Crippen LogP contribution in [0.25, 0.3) is 0 Å². The molecule has 0 N–H and O–H groups in total. The number of amides is 2. The fourth-order valence-electron chi connectivity index (χ4n) is 3.09. The third-order valence-electron chi connectivity index (χ3n) is 4.28. The molecular formula is C15H17N3O5S. The van der Waals surface area contributed by atoms with Gasteiger partial charge in [0.15, 0.2) is 0 Å². The first kappa shape index (κ1) is 16.7. The van der Waals surface area contributed by atoms with Crippen molar-refractivity contribution in [1.82, 2.24) is 9.80 Å². The molecule has 2 aliphatic heterocycles. The Labute approximate surface area is 142 Å². The maximum atomic E-state index is 12.5. The van der Waals surface area contributed by atoms with E-state index in [4.69, 9.17) is 4.74 Å². The average Bonchev–Trinajstić information content (AvgIpc) is 2.98. The number of ether oxygens (including phenoxy) is 1. The summed E-state index contributed by atoms with van der Waals surface area (Å²) < 4.78 is 5.05. The molecule has 1 aromatic carbocycles. The first-order valence-corrected chi connectivity index (χ1v) is 8.50. The quantitative estimate of drug-likeness (QED) is 0.440. The predicted molar refractivity (Wildman–Crippen MR) is 87.8 cm³/mol. The number of non-ortho nitro benzene ring substituents is 1. The van der Waals surface area contributed by atoms with E-state index in [2.05, 4.69) is 0 Å². The number of benzene rings is 1. The van der Waals surface area contributed by atoms with Gasteiger partial charge >= 0.3 is 0 Å². The van der Waals surface area contributed by atoms with Gasteiger partial charge in [0.25, 0.3) is 10.9 Å². The molecule has 0 aromatic heterocycles. The van der Waals surface area contributed by atoms with Crippen LogP contribution in [0.15, 0.2) is 24.3 Å². The number of nitrogens with zero attached hydrogens (tertiary/aromatic N) is 3. The summed E-state index contributed by atoms with van der Waals surface area (Å²) in [5.74, 6) is 0.569. The number of likely N-dealkylation sites (tertiary alicyclic amines) is 1. The van der Waals surface area contributed by atoms with E-state index in [1.165, 1.54) is 23.9 Å². The van der Waals surface area contributed by atoms with Crippen LogP contribution in [0.4, 0.5) is 10.5 Å². The molecule has 2 amide bonds. The Morgan fingerprint density at radius 2 is 2.00 bits per heavy atom. The zero-order valence-electron chi connectivity index (χ0n) is 13.1. The van der Waals surface area contributed by atoms with Crippen LogP contribution in [-0.4, -0.2) is 64.5 Å². The highest BCUT2D eigenvalue weighted by atomic mass is 32.2. The lowest BCUT2D eigenvalue weighted by atomic mass is 9.87. The van der Waals surface area contributed by atoms with Crippen molar-refractivity contribution in [3.8, 4) is 0 Å². The summed E-state index contributed by atoms with van der Waals surface area (Å²) in [4.78, 5) is 38.1. The van der Waals surface area contributed by atoms with Crippen LogP contribution in [0.5, 0.6) is 0 Å². The van der Waals surface area contributed by atoms with Gasteiger partial charge in [-0.15, -0.1) is 0 Å². The molecule has 9 heteroatoms. The molecule has 8 nitrogen and oxygen atoms in total. The molecule has 2 heterocycles. The van der Waals surface area contributed by atoms with E-state index in [0.717, 1.165) is 5.56 Å². The van der Waals surface area contributed by atoms with Crippen molar-refractivity contribution in [1.29, 1.82) is 0 Å². The third kappa shape index (κ3) is 2.84. The fraction of sp³-hybridized carbons (Fsp3) is 0.467. The smallest absolute Gasteiger partial charge is 0.282 e. The van der Waals surface area contributed by atoms with E-state index >= 15 is 0 Å². The maximum absolute atomic E-state index is 12.5. The monoisotopic (exact) mass is 351 g/mol. The van der Waals surface area contributed by atoms with E-state index in [9.17, 15) is 19.7 Å². The lowest BCUT2D eigenvalue weighted by Gasteiger charge is -2.50. The Bertz CT molecular complexity index is 666. The van der Waals surface area contributed by atoms with E-state index in [1.807, 2.05) is 0 Å². The Kier molecular flexibility index (Phi) is 4.72. The number of carbonyl (C=O) groups is 2. The van der Waals surface area contributed by atoms with Gasteiger partial charge in [-0.05, 0) is 5.56 Å². The van der Waals surface area contributed by atoms with E-state index < -0.39 is 11.0 Å². The molecule has 24 heavy (non-hydrogen) atoms. The standard InChI is InChI=1S/C15H17N3O5S/c1-23-8-6-16-12(10-2-4-11(5-3-10)18(21)22)13(14(16)19)17-7-9-24-15(17)20/h2-5,12-13H,6-9H2,1H3/t12-,13-/m0/s1.